The van der Waals surface area contributed by atoms with Gasteiger partial charge in [0, 0.05) is 12.6 Å². The maximum absolute atomic E-state index is 12.5. The molecule has 2 aliphatic rings. The Morgan fingerprint density at radius 1 is 1.41 bits per heavy atom. The molecule has 0 spiro atoms. The lowest BCUT2D eigenvalue weighted by molar-refractivity contribution is -0.184. The molecule has 2 unspecified atom stereocenters. The van der Waals surface area contributed by atoms with Crippen molar-refractivity contribution in [3.63, 3.8) is 0 Å². The largest absolute Gasteiger partial charge is 0.525 e. The van der Waals surface area contributed by atoms with Crippen LogP contribution in [0.1, 0.15) is 40.5 Å². The summed E-state index contributed by atoms with van der Waals surface area (Å²) in [6.07, 6.45) is -0.0279. The second-order valence-electron chi connectivity index (χ2n) is 8.14. The van der Waals surface area contributed by atoms with Crippen molar-refractivity contribution in [2.45, 2.75) is 58.7 Å². The lowest BCUT2D eigenvalue weighted by atomic mass is 9.79. The monoisotopic (exact) mass is 396 g/mol. The smallest absolute Gasteiger partial charge is 0.448 e. The number of halogens is 1. The standard InChI is InChI=1S/C18H25ClN4O4/c1-10-16(24)20-12-5-6-14(19)21-15(12)23(10)11-7-8-22(27-17(25)26)13(9-11)18(2,3)4/h5-6,10-11,13H,7-9H2,1-4H3,(H,20,24)(H,25,26)/t10-,11?,13?/m1/s1. The number of carbonyl (C=O) groups excluding carboxylic acids is 1. The number of pyridine rings is 1. The van der Waals surface area contributed by atoms with E-state index in [1.165, 1.54) is 0 Å². The summed E-state index contributed by atoms with van der Waals surface area (Å²) in [5.74, 6) is 0.558. The van der Waals surface area contributed by atoms with Gasteiger partial charge in [0.2, 0.25) is 5.91 Å². The highest BCUT2D eigenvalue weighted by molar-refractivity contribution is 6.29. The third-order valence-electron chi connectivity index (χ3n) is 5.25. The highest BCUT2D eigenvalue weighted by atomic mass is 35.5. The van der Waals surface area contributed by atoms with E-state index >= 15 is 0 Å². The van der Waals surface area contributed by atoms with Crippen LogP contribution in [0.2, 0.25) is 5.15 Å². The molecule has 2 N–H and O–H groups in total. The predicted molar refractivity (Wildman–Crippen MR) is 102 cm³/mol. The van der Waals surface area contributed by atoms with Crippen LogP contribution >= 0.6 is 11.6 Å². The first-order valence-corrected chi connectivity index (χ1v) is 9.39. The van der Waals surface area contributed by atoms with Crippen LogP contribution in [-0.2, 0) is 9.63 Å². The first-order valence-electron chi connectivity index (χ1n) is 9.01. The molecule has 2 aliphatic heterocycles. The van der Waals surface area contributed by atoms with Gasteiger partial charge in [-0.05, 0) is 37.3 Å². The van der Waals surface area contributed by atoms with Crippen molar-refractivity contribution < 1.29 is 19.5 Å². The topological polar surface area (TPSA) is 95.0 Å². The molecule has 0 saturated carbocycles. The maximum Gasteiger partial charge on any atom is 0.525 e. The van der Waals surface area contributed by atoms with Crippen molar-refractivity contribution in [1.29, 1.82) is 0 Å². The number of carbonyl (C=O) groups is 2. The fourth-order valence-corrected chi connectivity index (χ4v) is 4.07. The Morgan fingerprint density at radius 2 is 2.11 bits per heavy atom. The van der Waals surface area contributed by atoms with E-state index in [9.17, 15) is 9.59 Å². The van der Waals surface area contributed by atoms with Gasteiger partial charge in [-0.15, -0.1) is 5.06 Å². The minimum absolute atomic E-state index is 0.00800. The molecule has 1 amide bonds. The van der Waals surface area contributed by atoms with E-state index in [1.807, 2.05) is 32.6 Å². The van der Waals surface area contributed by atoms with Crippen LogP contribution < -0.4 is 10.2 Å². The van der Waals surface area contributed by atoms with Gasteiger partial charge in [0.05, 0.1) is 11.7 Å². The Morgan fingerprint density at radius 3 is 2.74 bits per heavy atom. The molecule has 148 valence electrons. The Labute approximate surface area is 163 Å². The van der Waals surface area contributed by atoms with Gasteiger partial charge in [0.15, 0.2) is 5.82 Å². The van der Waals surface area contributed by atoms with Crippen LogP contribution in [0.3, 0.4) is 0 Å². The Hall–Kier alpha value is -2.06. The van der Waals surface area contributed by atoms with Crippen LogP contribution in [0, 0.1) is 5.41 Å². The fourth-order valence-electron chi connectivity index (χ4n) is 3.93. The van der Waals surface area contributed by atoms with Crippen LogP contribution in [0.25, 0.3) is 0 Å². The third-order valence-corrected chi connectivity index (χ3v) is 5.46. The summed E-state index contributed by atoms with van der Waals surface area (Å²) in [6, 6.07) is 2.88. The number of hydrogen-bond acceptors (Lipinski definition) is 6. The highest BCUT2D eigenvalue weighted by Gasteiger charge is 2.44. The molecule has 3 heterocycles. The van der Waals surface area contributed by atoms with Crippen molar-refractivity contribution in [2.75, 3.05) is 16.8 Å². The molecule has 1 aromatic rings. The number of rotatable bonds is 2. The normalized spacial score (nSPS) is 26.3. The molecular weight excluding hydrogens is 372 g/mol. The van der Waals surface area contributed by atoms with Gasteiger partial charge in [0.1, 0.15) is 11.2 Å². The molecule has 0 aliphatic carbocycles. The molecular formula is C18H25ClN4O4. The Kier molecular flexibility index (Phi) is 5.22. The number of aromatic nitrogens is 1. The SMILES string of the molecule is C[C@@H]1C(=O)Nc2ccc(Cl)nc2N1C1CCN(OC(=O)O)C(C(C)(C)C)C1. The van der Waals surface area contributed by atoms with Crippen LogP contribution in [-0.4, -0.2) is 51.9 Å². The molecule has 9 heteroatoms. The summed E-state index contributed by atoms with van der Waals surface area (Å²) < 4.78 is 0. The van der Waals surface area contributed by atoms with Gasteiger partial charge < -0.3 is 20.2 Å². The molecule has 27 heavy (non-hydrogen) atoms. The lowest BCUT2D eigenvalue weighted by Gasteiger charge is -2.49. The van der Waals surface area contributed by atoms with E-state index in [4.69, 9.17) is 21.5 Å². The number of anilines is 2. The highest BCUT2D eigenvalue weighted by Crippen LogP contribution is 2.39. The Bertz CT molecular complexity index is 751. The summed E-state index contributed by atoms with van der Waals surface area (Å²) in [4.78, 5) is 35.0. The fraction of sp³-hybridized carbons (Fsp3) is 0.611. The van der Waals surface area contributed by atoms with E-state index in [0.29, 0.717) is 36.0 Å². The van der Waals surface area contributed by atoms with E-state index in [1.54, 1.807) is 17.2 Å². The number of amides is 1. The van der Waals surface area contributed by atoms with Gasteiger partial charge in [-0.25, -0.2) is 9.78 Å². The predicted octanol–water partition coefficient (Wildman–Crippen LogP) is 3.37. The number of piperidine rings is 1. The number of hydroxylamine groups is 2. The average molecular weight is 397 g/mol. The number of fused-ring (bicyclic) bond motifs is 1. The van der Waals surface area contributed by atoms with Gasteiger partial charge in [0.25, 0.3) is 0 Å². The van der Waals surface area contributed by atoms with E-state index in [0.717, 1.165) is 0 Å². The second-order valence-corrected chi connectivity index (χ2v) is 8.52. The van der Waals surface area contributed by atoms with Gasteiger partial charge in [-0.1, -0.05) is 32.4 Å². The molecule has 0 bridgehead atoms. The van der Waals surface area contributed by atoms with Crippen molar-refractivity contribution in [3.05, 3.63) is 17.3 Å². The zero-order valence-electron chi connectivity index (χ0n) is 15.9. The van der Waals surface area contributed by atoms with Gasteiger partial charge >= 0.3 is 6.16 Å². The van der Waals surface area contributed by atoms with E-state index in [-0.39, 0.29) is 23.4 Å². The molecule has 1 saturated heterocycles. The van der Waals surface area contributed by atoms with E-state index < -0.39 is 12.2 Å². The first-order chi connectivity index (χ1) is 12.6. The maximum atomic E-state index is 12.5. The zero-order valence-corrected chi connectivity index (χ0v) is 16.7. The Balaban J connectivity index is 1.93. The summed E-state index contributed by atoms with van der Waals surface area (Å²) >= 11 is 6.10. The van der Waals surface area contributed by atoms with Gasteiger partial charge in [-0.3, -0.25) is 4.79 Å². The average Bonchev–Trinajstić information content (AvgIpc) is 2.56. The quantitative estimate of drug-likeness (QED) is 0.740. The summed E-state index contributed by atoms with van der Waals surface area (Å²) in [5.41, 5.74) is 0.430. The van der Waals surface area contributed by atoms with Crippen LogP contribution in [0.5, 0.6) is 0 Å². The van der Waals surface area contributed by atoms with Crippen molar-refractivity contribution in [1.82, 2.24) is 10.0 Å². The number of hydrogen-bond donors (Lipinski definition) is 2. The van der Waals surface area contributed by atoms with Crippen molar-refractivity contribution in [3.8, 4) is 0 Å². The minimum Gasteiger partial charge on any atom is -0.448 e. The molecule has 1 fully saturated rings. The zero-order chi connectivity index (χ0) is 19.9. The molecule has 0 radical (unpaired) electrons. The van der Waals surface area contributed by atoms with Crippen LogP contribution in [0.4, 0.5) is 16.3 Å². The van der Waals surface area contributed by atoms with Crippen LogP contribution in [0.15, 0.2) is 12.1 Å². The molecule has 3 atom stereocenters. The number of nitrogens with one attached hydrogen (secondary N) is 1. The van der Waals surface area contributed by atoms with E-state index in [2.05, 4.69) is 10.3 Å². The summed E-state index contributed by atoms with van der Waals surface area (Å²) in [6.45, 7) is 8.43. The molecule has 1 aromatic heterocycles. The second kappa shape index (κ2) is 7.16. The third kappa shape index (κ3) is 3.96. The first kappa shape index (κ1) is 19.7. The molecule has 3 rings (SSSR count). The lowest BCUT2D eigenvalue weighted by Crippen LogP contribution is -2.59. The summed E-state index contributed by atoms with van der Waals surface area (Å²) in [7, 11) is 0. The van der Waals surface area contributed by atoms with Gasteiger partial charge in [-0.2, -0.15) is 0 Å². The number of carboxylic acid groups (broad SMARTS) is 1. The van der Waals surface area contributed by atoms with Crippen molar-refractivity contribution >= 4 is 35.2 Å². The number of nitrogens with zero attached hydrogens (tertiary/aromatic N) is 3. The van der Waals surface area contributed by atoms with Crippen molar-refractivity contribution in [2.24, 2.45) is 5.41 Å². The molecule has 0 aromatic carbocycles. The minimum atomic E-state index is -1.31. The summed E-state index contributed by atoms with van der Waals surface area (Å²) in [5, 5.41) is 13.8. The molecule has 8 nitrogen and oxygen atoms in total.